The maximum atomic E-state index is 12.1. The molecule has 1 aromatic carbocycles. The molecule has 19 heavy (non-hydrogen) atoms. The van der Waals surface area contributed by atoms with Crippen molar-refractivity contribution in [1.82, 2.24) is 25.3 Å². The van der Waals surface area contributed by atoms with Gasteiger partial charge in [0.25, 0.3) is 0 Å². The normalized spacial score (nSPS) is 13.4. The SMILES string of the molecule is CC(NS(=O)(=O)c1ccc(Cl)c(N)c1)c1nn[nH]n1. The zero-order valence-corrected chi connectivity index (χ0v) is 11.4. The molecule has 0 aliphatic heterocycles. The monoisotopic (exact) mass is 302 g/mol. The van der Waals surface area contributed by atoms with E-state index in [0.29, 0.717) is 5.02 Å². The number of aromatic nitrogens is 4. The molecule has 8 nitrogen and oxygen atoms in total. The molecule has 0 fully saturated rings. The Balaban J connectivity index is 2.25. The van der Waals surface area contributed by atoms with Gasteiger partial charge in [-0.1, -0.05) is 16.8 Å². The Morgan fingerprint density at radius 1 is 1.47 bits per heavy atom. The first kappa shape index (κ1) is 13.7. The van der Waals surface area contributed by atoms with Gasteiger partial charge in [0.1, 0.15) is 0 Å². The lowest BCUT2D eigenvalue weighted by molar-refractivity contribution is 0.560. The van der Waals surface area contributed by atoms with Crippen LogP contribution in [0.3, 0.4) is 0 Å². The number of nitrogens with one attached hydrogen (secondary N) is 2. The molecule has 0 saturated heterocycles. The number of anilines is 1. The van der Waals surface area contributed by atoms with E-state index in [1.54, 1.807) is 6.92 Å². The van der Waals surface area contributed by atoms with Gasteiger partial charge in [-0.2, -0.15) is 5.21 Å². The number of nitrogen functional groups attached to an aromatic ring is 1. The summed E-state index contributed by atoms with van der Waals surface area (Å²) in [7, 11) is -3.74. The summed E-state index contributed by atoms with van der Waals surface area (Å²) in [6.07, 6.45) is 0. The van der Waals surface area contributed by atoms with E-state index in [9.17, 15) is 8.42 Å². The van der Waals surface area contributed by atoms with E-state index in [-0.39, 0.29) is 16.4 Å². The Hall–Kier alpha value is -1.71. The average Bonchev–Trinajstić information content (AvgIpc) is 2.85. The molecule has 0 radical (unpaired) electrons. The first-order valence-corrected chi connectivity index (χ1v) is 7.07. The van der Waals surface area contributed by atoms with E-state index in [0.717, 1.165) is 0 Å². The lowest BCUT2D eigenvalue weighted by Gasteiger charge is -2.11. The molecule has 4 N–H and O–H groups in total. The lowest BCUT2D eigenvalue weighted by atomic mass is 10.3. The maximum absolute atomic E-state index is 12.1. The molecule has 2 aromatic rings. The Morgan fingerprint density at radius 3 is 2.79 bits per heavy atom. The highest BCUT2D eigenvalue weighted by atomic mass is 35.5. The van der Waals surface area contributed by atoms with E-state index >= 15 is 0 Å². The number of halogens is 1. The fourth-order valence-electron chi connectivity index (χ4n) is 1.40. The predicted molar refractivity (Wildman–Crippen MR) is 68.8 cm³/mol. The van der Waals surface area contributed by atoms with Crippen LogP contribution in [0.2, 0.25) is 5.02 Å². The van der Waals surface area contributed by atoms with Crippen LogP contribution in [0.25, 0.3) is 0 Å². The molecule has 0 amide bonds. The van der Waals surface area contributed by atoms with Crippen molar-refractivity contribution in [2.75, 3.05) is 5.73 Å². The van der Waals surface area contributed by atoms with Gasteiger partial charge in [0.15, 0.2) is 5.82 Å². The van der Waals surface area contributed by atoms with Crippen molar-refractivity contribution in [2.24, 2.45) is 0 Å². The molecular formula is C9H11ClN6O2S. The second-order valence-electron chi connectivity index (χ2n) is 3.80. The summed E-state index contributed by atoms with van der Waals surface area (Å²) < 4.78 is 26.6. The third kappa shape index (κ3) is 3.00. The Morgan fingerprint density at radius 2 is 2.21 bits per heavy atom. The summed E-state index contributed by atoms with van der Waals surface area (Å²) >= 11 is 5.75. The van der Waals surface area contributed by atoms with Crippen LogP contribution in [-0.2, 0) is 10.0 Å². The van der Waals surface area contributed by atoms with Crippen LogP contribution in [-0.4, -0.2) is 29.0 Å². The fraction of sp³-hybridized carbons (Fsp3) is 0.222. The summed E-state index contributed by atoms with van der Waals surface area (Å²) in [6, 6.07) is 3.45. The lowest BCUT2D eigenvalue weighted by Crippen LogP contribution is -2.27. The van der Waals surface area contributed by atoms with Crippen LogP contribution in [0.1, 0.15) is 18.8 Å². The van der Waals surface area contributed by atoms with Crippen molar-refractivity contribution in [3.8, 4) is 0 Å². The molecule has 0 bridgehead atoms. The summed E-state index contributed by atoms with van der Waals surface area (Å²) in [5.74, 6) is 0.241. The average molecular weight is 303 g/mol. The van der Waals surface area contributed by atoms with Crippen molar-refractivity contribution in [3.05, 3.63) is 29.0 Å². The number of tetrazole rings is 1. The number of hydrogen-bond acceptors (Lipinski definition) is 6. The van der Waals surface area contributed by atoms with Crippen molar-refractivity contribution in [2.45, 2.75) is 17.9 Å². The topological polar surface area (TPSA) is 127 Å². The van der Waals surface area contributed by atoms with Crippen LogP contribution in [0.5, 0.6) is 0 Å². The number of hydrogen-bond donors (Lipinski definition) is 3. The van der Waals surface area contributed by atoms with Crippen molar-refractivity contribution in [3.63, 3.8) is 0 Å². The zero-order valence-electron chi connectivity index (χ0n) is 9.83. The maximum Gasteiger partial charge on any atom is 0.241 e. The fourth-order valence-corrected chi connectivity index (χ4v) is 2.75. The number of H-pyrrole nitrogens is 1. The molecular weight excluding hydrogens is 292 g/mol. The number of nitrogens with two attached hydrogens (primary N) is 1. The summed E-state index contributed by atoms with van der Waals surface area (Å²) in [5.41, 5.74) is 5.77. The summed E-state index contributed by atoms with van der Waals surface area (Å²) in [5, 5.41) is 13.3. The first-order chi connectivity index (χ1) is 8.90. The highest BCUT2D eigenvalue weighted by molar-refractivity contribution is 7.89. The molecule has 0 spiro atoms. The highest BCUT2D eigenvalue weighted by Gasteiger charge is 2.21. The first-order valence-electron chi connectivity index (χ1n) is 5.21. The Kier molecular flexibility index (Phi) is 3.69. The molecule has 1 heterocycles. The van der Waals surface area contributed by atoms with Gasteiger partial charge < -0.3 is 5.73 Å². The van der Waals surface area contributed by atoms with Crippen LogP contribution >= 0.6 is 11.6 Å². The molecule has 1 aromatic heterocycles. The standard InChI is InChI=1S/C9H11ClN6O2S/c1-5(9-12-15-16-13-9)14-19(17,18)6-2-3-7(10)8(11)4-6/h2-5,14H,11H2,1H3,(H,12,13,15,16). The van der Waals surface area contributed by atoms with E-state index in [2.05, 4.69) is 25.3 Å². The van der Waals surface area contributed by atoms with Crippen molar-refractivity contribution in [1.29, 1.82) is 0 Å². The molecule has 0 aliphatic rings. The molecule has 10 heteroatoms. The molecule has 1 atom stereocenters. The number of aromatic amines is 1. The predicted octanol–water partition coefficient (Wildman–Crippen LogP) is 0.475. The summed E-state index contributed by atoms with van der Waals surface area (Å²) in [4.78, 5) is 0.0183. The van der Waals surface area contributed by atoms with E-state index in [4.69, 9.17) is 17.3 Å². The van der Waals surface area contributed by atoms with Gasteiger partial charge in [-0.15, -0.1) is 10.2 Å². The van der Waals surface area contributed by atoms with Crippen molar-refractivity contribution < 1.29 is 8.42 Å². The van der Waals surface area contributed by atoms with Gasteiger partial charge >= 0.3 is 0 Å². The number of benzene rings is 1. The Labute approximate surface area is 114 Å². The molecule has 0 aliphatic carbocycles. The van der Waals surface area contributed by atoms with E-state index in [1.165, 1.54) is 18.2 Å². The van der Waals surface area contributed by atoms with E-state index in [1.807, 2.05) is 0 Å². The molecule has 2 rings (SSSR count). The van der Waals surface area contributed by atoms with Crippen LogP contribution < -0.4 is 10.5 Å². The highest BCUT2D eigenvalue weighted by Crippen LogP contribution is 2.23. The minimum absolute atomic E-state index is 0.0183. The van der Waals surface area contributed by atoms with Gasteiger partial charge in [0.2, 0.25) is 10.0 Å². The molecule has 0 saturated carbocycles. The second-order valence-corrected chi connectivity index (χ2v) is 5.92. The van der Waals surface area contributed by atoms with Crippen LogP contribution in [0.15, 0.2) is 23.1 Å². The zero-order chi connectivity index (χ0) is 14.0. The number of nitrogens with zero attached hydrogens (tertiary/aromatic N) is 3. The number of rotatable bonds is 4. The third-order valence-corrected chi connectivity index (χ3v) is 4.24. The molecule has 102 valence electrons. The second kappa shape index (κ2) is 5.11. The molecule has 1 unspecified atom stereocenters. The smallest absolute Gasteiger partial charge is 0.241 e. The van der Waals surface area contributed by atoms with Crippen molar-refractivity contribution >= 4 is 27.3 Å². The minimum atomic E-state index is -3.74. The summed E-state index contributed by atoms with van der Waals surface area (Å²) in [6.45, 7) is 1.60. The van der Waals surface area contributed by atoms with E-state index < -0.39 is 16.1 Å². The van der Waals surface area contributed by atoms with Gasteiger partial charge in [-0.3, -0.25) is 0 Å². The largest absolute Gasteiger partial charge is 0.397 e. The van der Waals surface area contributed by atoms with Gasteiger partial charge in [-0.05, 0) is 25.1 Å². The van der Waals surface area contributed by atoms with Crippen LogP contribution in [0.4, 0.5) is 5.69 Å². The van der Waals surface area contributed by atoms with Gasteiger partial charge in [0.05, 0.1) is 21.6 Å². The van der Waals surface area contributed by atoms with Gasteiger partial charge in [0, 0.05) is 0 Å². The quantitative estimate of drug-likeness (QED) is 0.705. The van der Waals surface area contributed by atoms with Crippen LogP contribution in [0, 0.1) is 0 Å². The van der Waals surface area contributed by atoms with Gasteiger partial charge in [-0.25, -0.2) is 13.1 Å². The Bertz CT molecular complexity index is 672. The minimum Gasteiger partial charge on any atom is -0.397 e. The third-order valence-electron chi connectivity index (χ3n) is 2.36. The number of sulfonamides is 1.